The van der Waals surface area contributed by atoms with Gasteiger partial charge in [0.1, 0.15) is 6.10 Å². The molecule has 0 saturated carbocycles. The van der Waals surface area contributed by atoms with Crippen LogP contribution in [0.1, 0.15) is 53.9 Å². The zero-order valence-corrected chi connectivity index (χ0v) is 17.0. The van der Waals surface area contributed by atoms with Crippen LogP contribution in [-0.2, 0) is 5.41 Å². The van der Waals surface area contributed by atoms with Crippen LogP contribution < -0.4 is 5.32 Å². The number of hydrogen-bond acceptors (Lipinski definition) is 2. The van der Waals surface area contributed by atoms with E-state index < -0.39 is 6.10 Å². The quantitative estimate of drug-likeness (QED) is 0.573. The van der Waals surface area contributed by atoms with Crippen LogP contribution in [-0.4, -0.2) is 11.0 Å². The highest BCUT2D eigenvalue weighted by molar-refractivity contribution is 6.30. The first-order valence-electron chi connectivity index (χ1n) is 9.20. The summed E-state index contributed by atoms with van der Waals surface area (Å²) in [7, 11) is 0. The Hall–Kier alpha value is -2.62. The van der Waals surface area contributed by atoms with Crippen LogP contribution in [0.4, 0.5) is 5.69 Å². The first kappa shape index (κ1) is 20.1. The Morgan fingerprint density at radius 2 is 1.61 bits per heavy atom. The number of nitrogens with one attached hydrogen (secondary N) is 1. The zero-order chi connectivity index (χ0) is 20.3. The van der Waals surface area contributed by atoms with Crippen LogP contribution in [0.25, 0.3) is 0 Å². The molecule has 1 unspecified atom stereocenters. The highest BCUT2D eigenvalue weighted by atomic mass is 35.5. The van der Waals surface area contributed by atoms with Crippen molar-refractivity contribution in [2.75, 3.05) is 5.32 Å². The molecule has 4 heteroatoms. The third-order valence-electron chi connectivity index (χ3n) is 4.68. The van der Waals surface area contributed by atoms with Crippen LogP contribution in [0.3, 0.4) is 0 Å². The molecule has 0 bridgehead atoms. The van der Waals surface area contributed by atoms with Crippen molar-refractivity contribution in [1.82, 2.24) is 0 Å². The molecule has 3 aromatic carbocycles. The van der Waals surface area contributed by atoms with Crippen molar-refractivity contribution in [3.8, 4) is 0 Å². The van der Waals surface area contributed by atoms with Crippen molar-refractivity contribution in [2.45, 2.75) is 32.3 Å². The second kappa shape index (κ2) is 8.17. The molecule has 0 aliphatic rings. The maximum atomic E-state index is 12.7. The van der Waals surface area contributed by atoms with Gasteiger partial charge in [-0.15, -0.1) is 0 Å². The van der Waals surface area contributed by atoms with Crippen molar-refractivity contribution in [3.63, 3.8) is 0 Å². The molecule has 0 aliphatic carbocycles. The van der Waals surface area contributed by atoms with Gasteiger partial charge >= 0.3 is 0 Å². The highest BCUT2D eigenvalue weighted by Crippen LogP contribution is 2.31. The fourth-order valence-electron chi connectivity index (χ4n) is 3.00. The van der Waals surface area contributed by atoms with E-state index in [1.54, 1.807) is 18.2 Å². The summed E-state index contributed by atoms with van der Waals surface area (Å²) in [6.45, 7) is 6.40. The summed E-state index contributed by atoms with van der Waals surface area (Å²) in [5, 5.41) is 14.2. The smallest absolute Gasteiger partial charge is 0.255 e. The summed E-state index contributed by atoms with van der Waals surface area (Å²) in [4.78, 5) is 12.7. The first-order valence-corrected chi connectivity index (χ1v) is 9.58. The molecule has 0 saturated heterocycles. The summed E-state index contributed by atoms with van der Waals surface area (Å²) in [6.07, 6.45) is -0.890. The van der Waals surface area contributed by atoms with Gasteiger partial charge in [0.25, 0.3) is 5.91 Å². The van der Waals surface area contributed by atoms with Gasteiger partial charge in [0.15, 0.2) is 0 Å². The number of hydrogen-bond donors (Lipinski definition) is 2. The zero-order valence-electron chi connectivity index (χ0n) is 16.2. The Morgan fingerprint density at radius 1 is 0.964 bits per heavy atom. The maximum absolute atomic E-state index is 12.7. The molecule has 0 aliphatic heterocycles. The molecule has 144 valence electrons. The van der Waals surface area contributed by atoms with Crippen molar-refractivity contribution in [2.24, 2.45) is 0 Å². The van der Waals surface area contributed by atoms with Gasteiger partial charge in [-0.3, -0.25) is 4.79 Å². The highest BCUT2D eigenvalue weighted by Gasteiger charge is 2.18. The molecule has 0 aromatic heterocycles. The molecule has 0 spiro atoms. The number of carbonyl (C=O) groups is 1. The number of anilines is 1. The number of carbonyl (C=O) groups excluding carboxylic acids is 1. The number of benzene rings is 3. The van der Waals surface area contributed by atoms with Crippen LogP contribution in [0, 0.1) is 0 Å². The molecular formula is C24H24ClNO2. The Bertz CT molecular complexity index is 960. The van der Waals surface area contributed by atoms with Crippen molar-refractivity contribution < 1.29 is 9.90 Å². The molecule has 0 fully saturated rings. The Balaban J connectivity index is 1.87. The molecule has 3 rings (SSSR count). The molecular weight excluding hydrogens is 370 g/mol. The van der Waals surface area contributed by atoms with Gasteiger partial charge < -0.3 is 10.4 Å². The van der Waals surface area contributed by atoms with E-state index in [2.05, 4.69) is 26.1 Å². The van der Waals surface area contributed by atoms with Gasteiger partial charge in [-0.25, -0.2) is 0 Å². The SMILES string of the molecule is CC(C)(C)c1ccc(C(=O)Nc2ccc(Cl)cc2C(O)c2ccccc2)cc1. The lowest BCUT2D eigenvalue weighted by molar-refractivity contribution is 0.102. The second-order valence-electron chi connectivity index (χ2n) is 7.83. The fraction of sp³-hybridized carbons (Fsp3) is 0.208. The van der Waals surface area contributed by atoms with E-state index in [0.717, 1.165) is 11.1 Å². The van der Waals surface area contributed by atoms with Crippen LogP contribution >= 0.6 is 11.6 Å². The van der Waals surface area contributed by atoms with E-state index in [1.807, 2.05) is 54.6 Å². The van der Waals surface area contributed by atoms with Gasteiger partial charge in [-0.1, -0.05) is 74.8 Å². The van der Waals surface area contributed by atoms with Crippen LogP contribution in [0.15, 0.2) is 72.8 Å². The molecule has 3 aromatic rings. The molecule has 0 radical (unpaired) electrons. The Morgan fingerprint density at radius 3 is 2.21 bits per heavy atom. The maximum Gasteiger partial charge on any atom is 0.255 e. The number of amides is 1. The lowest BCUT2D eigenvalue weighted by atomic mass is 9.86. The van der Waals surface area contributed by atoms with Gasteiger partial charge in [0.05, 0.1) is 0 Å². The van der Waals surface area contributed by atoms with Gasteiger partial charge in [-0.2, -0.15) is 0 Å². The normalized spacial score (nSPS) is 12.5. The monoisotopic (exact) mass is 393 g/mol. The van der Waals surface area contributed by atoms with E-state index in [-0.39, 0.29) is 11.3 Å². The van der Waals surface area contributed by atoms with E-state index in [9.17, 15) is 9.90 Å². The number of aliphatic hydroxyl groups excluding tert-OH is 1. The number of aliphatic hydroxyl groups is 1. The van der Waals surface area contributed by atoms with Crippen molar-refractivity contribution in [3.05, 3.63) is 100 Å². The number of rotatable bonds is 4. The van der Waals surface area contributed by atoms with Crippen LogP contribution in [0.5, 0.6) is 0 Å². The Labute approximate surface area is 171 Å². The van der Waals surface area contributed by atoms with E-state index in [4.69, 9.17) is 11.6 Å². The largest absolute Gasteiger partial charge is 0.384 e. The summed E-state index contributed by atoms with van der Waals surface area (Å²) < 4.78 is 0. The fourth-order valence-corrected chi connectivity index (χ4v) is 3.19. The average molecular weight is 394 g/mol. The topological polar surface area (TPSA) is 49.3 Å². The molecule has 1 atom stereocenters. The lowest BCUT2D eigenvalue weighted by Gasteiger charge is -2.19. The molecule has 0 heterocycles. The second-order valence-corrected chi connectivity index (χ2v) is 8.26. The summed E-state index contributed by atoms with van der Waals surface area (Å²) in [6, 6.07) is 21.9. The summed E-state index contributed by atoms with van der Waals surface area (Å²) >= 11 is 6.14. The van der Waals surface area contributed by atoms with E-state index in [1.165, 1.54) is 0 Å². The van der Waals surface area contributed by atoms with Gasteiger partial charge in [0.2, 0.25) is 0 Å². The third-order valence-corrected chi connectivity index (χ3v) is 4.92. The van der Waals surface area contributed by atoms with Crippen LogP contribution in [0.2, 0.25) is 5.02 Å². The van der Waals surface area contributed by atoms with Crippen molar-refractivity contribution >= 4 is 23.2 Å². The summed E-state index contributed by atoms with van der Waals surface area (Å²) in [5.74, 6) is -0.232. The van der Waals surface area contributed by atoms with Crippen molar-refractivity contribution in [1.29, 1.82) is 0 Å². The van der Waals surface area contributed by atoms with E-state index >= 15 is 0 Å². The molecule has 28 heavy (non-hydrogen) atoms. The minimum Gasteiger partial charge on any atom is -0.384 e. The van der Waals surface area contributed by atoms with Gasteiger partial charge in [-0.05, 0) is 46.9 Å². The van der Waals surface area contributed by atoms with Gasteiger partial charge in [0, 0.05) is 21.8 Å². The minimum atomic E-state index is -0.890. The molecule has 2 N–H and O–H groups in total. The van der Waals surface area contributed by atoms with E-state index in [0.29, 0.717) is 21.8 Å². The first-order chi connectivity index (χ1) is 13.3. The summed E-state index contributed by atoms with van der Waals surface area (Å²) in [5.41, 5.74) is 3.57. The predicted molar refractivity (Wildman–Crippen MR) is 115 cm³/mol. The minimum absolute atomic E-state index is 0.0259. The number of halogens is 1. The predicted octanol–water partition coefficient (Wildman–Crippen LogP) is 5.97. The standard InChI is InChI=1S/C24H24ClNO2/c1-24(2,3)18-11-9-17(10-12-18)23(28)26-21-14-13-19(25)15-20(21)22(27)16-7-5-4-6-8-16/h4-15,22,27H,1-3H3,(H,26,28). The molecule has 3 nitrogen and oxygen atoms in total. The average Bonchev–Trinajstić information content (AvgIpc) is 2.69. The third kappa shape index (κ3) is 4.61. The molecule has 1 amide bonds. The lowest BCUT2D eigenvalue weighted by Crippen LogP contribution is -2.16. The Kier molecular flexibility index (Phi) is 5.87.